The van der Waals surface area contributed by atoms with E-state index in [1.54, 1.807) is 37.5 Å². The second-order valence-electron chi connectivity index (χ2n) is 8.05. The molecule has 0 spiro atoms. The summed E-state index contributed by atoms with van der Waals surface area (Å²) in [4.78, 5) is 23.6. The van der Waals surface area contributed by atoms with Crippen molar-refractivity contribution in [2.24, 2.45) is 5.92 Å². The molecule has 1 aliphatic rings. The standard InChI is InChI=1S/C26H29ClO9/c1-32-10-11-33-16-36-25-21(27)7-9-23(29)24(25)22(28)8-4-17-2-5-19(6-3-17)34-12-13-35-20-14-18(15-20)26(30)31/h2-9,18,20,29H,10-16H2,1H3,(H,30,31)/b8-4+. The van der Waals surface area contributed by atoms with Gasteiger partial charge in [0.05, 0.1) is 36.9 Å². The first kappa shape index (κ1) is 27.5. The Balaban J connectivity index is 1.50. The van der Waals surface area contributed by atoms with Gasteiger partial charge in [-0.2, -0.15) is 0 Å². The number of hydrogen-bond acceptors (Lipinski definition) is 8. The molecular weight excluding hydrogens is 492 g/mol. The zero-order valence-corrected chi connectivity index (χ0v) is 20.6. The van der Waals surface area contributed by atoms with E-state index in [0.29, 0.717) is 45.0 Å². The molecule has 10 heteroatoms. The van der Waals surface area contributed by atoms with E-state index < -0.39 is 11.8 Å². The zero-order valence-electron chi connectivity index (χ0n) is 19.9. The molecule has 2 N–H and O–H groups in total. The van der Waals surface area contributed by atoms with Crippen LogP contribution in [0.3, 0.4) is 0 Å². The number of phenolic OH excluding ortho intramolecular Hbond substituents is 1. The lowest BCUT2D eigenvalue weighted by molar-refractivity contribution is -0.151. The van der Waals surface area contributed by atoms with Crippen molar-refractivity contribution in [1.82, 2.24) is 0 Å². The highest BCUT2D eigenvalue weighted by molar-refractivity contribution is 6.33. The summed E-state index contributed by atoms with van der Waals surface area (Å²) in [6.07, 6.45) is 3.98. The Morgan fingerprint density at radius 3 is 2.47 bits per heavy atom. The van der Waals surface area contributed by atoms with Gasteiger partial charge in [-0.3, -0.25) is 9.59 Å². The molecule has 1 fully saturated rings. The Morgan fingerprint density at radius 1 is 1.03 bits per heavy atom. The number of benzene rings is 2. The van der Waals surface area contributed by atoms with E-state index in [9.17, 15) is 14.7 Å². The number of aliphatic carboxylic acids is 1. The number of hydrogen-bond donors (Lipinski definition) is 2. The predicted molar refractivity (Wildman–Crippen MR) is 132 cm³/mol. The molecule has 2 aromatic carbocycles. The van der Waals surface area contributed by atoms with Crippen LogP contribution in [-0.2, 0) is 19.0 Å². The van der Waals surface area contributed by atoms with Crippen molar-refractivity contribution in [2.45, 2.75) is 18.9 Å². The molecule has 194 valence electrons. The van der Waals surface area contributed by atoms with Gasteiger partial charge in [0.2, 0.25) is 0 Å². The van der Waals surface area contributed by atoms with Gasteiger partial charge in [-0.25, -0.2) is 0 Å². The van der Waals surface area contributed by atoms with Crippen molar-refractivity contribution in [1.29, 1.82) is 0 Å². The Labute approximate surface area is 214 Å². The third-order valence-corrected chi connectivity index (χ3v) is 5.81. The number of carboxylic acids is 1. The molecule has 9 nitrogen and oxygen atoms in total. The van der Waals surface area contributed by atoms with Crippen LogP contribution in [0.15, 0.2) is 42.5 Å². The summed E-state index contributed by atoms with van der Waals surface area (Å²) in [5.41, 5.74) is 0.684. The smallest absolute Gasteiger partial charge is 0.306 e. The summed E-state index contributed by atoms with van der Waals surface area (Å²) in [6.45, 7) is 1.24. The van der Waals surface area contributed by atoms with Crippen molar-refractivity contribution in [3.05, 3.63) is 58.6 Å². The molecule has 0 aliphatic heterocycles. The summed E-state index contributed by atoms with van der Waals surface area (Å²) in [5, 5.41) is 19.3. The van der Waals surface area contributed by atoms with Crippen molar-refractivity contribution in [3.63, 3.8) is 0 Å². The lowest BCUT2D eigenvalue weighted by atomic mass is 9.82. The van der Waals surface area contributed by atoms with Crippen LogP contribution in [-0.4, -0.2) is 68.4 Å². The lowest BCUT2D eigenvalue weighted by Gasteiger charge is -2.31. The van der Waals surface area contributed by atoms with E-state index in [1.165, 1.54) is 18.2 Å². The van der Waals surface area contributed by atoms with E-state index in [0.717, 1.165) is 5.56 Å². The van der Waals surface area contributed by atoms with Gasteiger partial charge in [-0.05, 0) is 48.7 Å². The number of aromatic hydroxyl groups is 1. The number of rotatable bonds is 15. The molecule has 3 rings (SSSR count). The summed E-state index contributed by atoms with van der Waals surface area (Å²) < 4.78 is 26.9. The number of carbonyl (C=O) groups excluding carboxylic acids is 1. The number of halogens is 1. The van der Waals surface area contributed by atoms with Gasteiger partial charge in [-0.1, -0.05) is 29.8 Å². The molecule has 36 heavy (non-hydrogen) atoms. The molecule has 0 amide bonds. The molecule has 0 aromatic heterocycles. The van der Waals surface area contributed by atoms with Gasteiger partial charge in [0.15, 0.2) is 18.3 Å². The highest BCUT2D eigenvalue weighted by atomic mass is 35.5. The first-order valence-corrected chi connectivity index (χ1v) is 11.8. The molecule has 0 heterocycles. The monoisotopic (exact) mass is 520 g/mol. The number of ether oxygens (including phenoxy) is 5. The number of carboxylic acid groups (broad SMARTS) is 1. The number of allylic oxidation sites excluding steroid dienone is 1. The molecule has 0 saturated heterocycles. The molecule has 1 aliphatic carbocycles. The van der Waals surface area contributed by atoms with Crippen LogP contribution in [0.4, 0.5) is 0 Å². The van der Waals surface area contributed by atoms with Gasteiger partial charge in [0.25, 0.3) is 0 Å². The predicted octanol–water partition coefficient (Wildman–Crippen LogP) is 4.20. The fourth-order valence-electron chi connectivity index (χ4n) is 3.44. The molecule has 0 radical (unpaired) electrons. The van der Waals surface area contributed by atoms with E-state index in [2.05, 4.69) is 0 Å². The molecule has 0 atom stereocenters. The van der Waals surface area contributed by atoms with Crippen LogP contribution in [0.1, 0.15) is 28.8 Å². The van der Waals surface area contributed by atoms with Gasteiger partial charge in [0, 0.05) is 7.11 Å². The second-order valence-corrected chi connectivity index (χ2v) is 8.46. The van der Waals surface area contributed by atoms with E-state index in [4.69, 9.17) is 40.4 Å². The molecule has 2 aromatic rings. The Kier molecular flexibility index (Phi) is 10.6. The minimum atomic E-state index is -0.775. The molecule has 0 unspecified atom stereocenters. The third kappa shape index (κ3) is 7.96. The quantitative estimate of drug-likeness (QED) is 0.154. The normalized spacial score (nSPS) is 17.1. The van der Waals surface area contributed by atoms with E-state index in [-0.39, 0.29) is 40.9 Å². The summed E-state index contributed by atoms with van der Waals surface area (Å²) in [5.74, 6) is -1.15. The first-order valence-electron chi connectivity index (χ1n) is 11.4. The summed E-state index contributed by atoms with van der Waals surface area (Å²) in [6, 6.07) is 9.84. The minimum absolute atomic E-state index is 0.0206. The van der Waals surface area contributed by atoms with Crippen molar-refractivity contribution >= 4 is 29.4 Å². The topological polar surface area (TPSA) is 121 Å². The molecule has 0 bridgehead atoms. The average molecular weight is 521 g/mol. The largest absolute Gasteiger partial charge is 0.507 e. The van der Waals surface area contributed by atoms with Crippen molar-refractivity contribution in [2.75, 3.05) is 40.3 Å². The van der Waals surface area contributed by atoms with Crippen LogP contribution in [0.25, 0.3) is 6.08 Å². The molecule has 1 saturated carbocycles. The van der Waals surface area contributed by atoms with Gasteiger partial charge in [0.1, 0.15) is 23.7 Å². The number of methoxy groups -OCH3 is 1. The van der Waals surface area contributed by atoms with Crippen LogP contribution >= 0.6 is 11.6 Å². The lowest BCUT2D eigenvalue weighted by Crippen LogP contribution is -2.36. The Morgan fingerprint density at radius 2 is 1.78 bits per heavy atom. The minimum Gasteiger partial charge on any atom is -0.507 e. The first-order chi connectivity index (χ1) is 17.4. The van der Waals surface area contributed by atoms with E-state index in [1.807, 2.05) is 0 Å². The number of phenols is 1. The van der Waals surface area contributed by atoms with Crippen LogP contribution in [0, 0.1) is 5.92 Å². The van der Waals surface area contributed by atoms with E-state index >= 15 is 0 Å². The highest BCUT2D eigenvalue weighted by Crippen LogP contribution is 2.36. The number of ketones is 1. The average Bonchev–Trinajstić information content (AvgIpc) is 2.83. The maximum atomic E-state index is 12.8. The number of carbonyl (C=O) groups is 2. The van der Waals surface area contributed by atoms with Crippen molar-refractivity contribution < 1.29 is 43.5 Å². The van der Waals surface area contributed by atoms with Gasteiger partial charge >= 0.3 is 5.97 Å². The van der Waals surface area contributed by atoms with Crippen LogP contribution in [0.2, 0.25) is 5.02 Å². The summed E-state index contributed by atoms with van der Waals surface area (Å²) >= 11 is 6.18. The fraction of sp³-hybridized carbons (Fsp3) is 0.385. The van der Waals surface area contributed by atoms with Crippen LogP contribution in [0.5, 0.6) is 17.2 Å². The zero-order chi connectivity index (χ0) is 25.9. The Bertz CT molecular complexity index is 1050. The third-order valence-electron chi connectivity index (χ3n) is 5.51. The van der Waals surface area contributed by atoms with Gasteiger partial charge in [-0.15, -0.1) is 0 Å². The Hall–Kier alpha value is -3.11. The fourth-order valence-corrected chi connectivity index (χ4v) is 3.65. The highest BCUT2D eigenvalue weighted by Gasteiger charge is 2.34. The summed E-state index contributed by atoms with van der Waals surface area (Å²) in [7, 11) is 1.55. The second kappa shape index (κ2) is 13.8. The maximum absolute atomic E-state index is 12.8. The SMILES string of the molecule is COCCOCOc1c(Cl)ccc(O)c1C(=O)/C=C/c1ccc(OCCOC2CC(C(=O)O)C2)cc1. The maximum Gasteiger partial charge on any atom is 0.306 e. The van der Waals surface area contributed by atoms with Gasteiger partial charge < -0.3 is 33.9 Å². The van der Waals surface area contributed by atoms with Crippen LogP contribution < -0.4 is 9.47 Å². The van der Waals surface area contributed by atoms with Crippen molar-refractivity contribution in [3.8, 4) is 17.2 Å². The molecular formula is C26H29ClO9.